The van der Waals surface area contributed by atoms with E-state index < -0.39 is 0 Å². The molecule has 0 aliphatic heterocycles. The van der Waals surface area contributed by atoms with Crippen LogP contribution in [0.15, 0.2) is 47.7 Å². The summed E-state index contributed by atoms with van der Waals surface area (Å²) in [7, 11) is 1.72. The van der Waals surface area contributed by atoms with Crippen LogP contribution in [0.4, 0.5) is 0 Å². The van der Waals surface area contributed by atoms with Crippen LogP contribution in [0.3, 0.4) is 0 Å². The normalized spacial score (nSPS) is 15.7. The average molecular weight is 450 g/mol. The number of ether oxygens (including phenoxy) is 1. The van der Waals surface area contributed by atoms with Crippen LogP contribution in [0.25, 0.3) is 6.08 Å². The third-order valence-electron chi connectivity index (χ3n) is 5.91. The molecule has 1 atom stereocenters. The summed E-state index contributed by atoms with van der Waals surface area (Å²) in [4.78, 5) is 12.3. The molecule has 0 saturated heterocycles. The van der Waals surface area contributed by atoms with E-state index in [0.29, 0.717) is 30.5 Å². The SMILES string of the molecule is COc1cc(/C=C/CCCC#N)ccc1CCCCCCCCC(=O)C1=CC(N)CC(N)=C1. The molecule has 0 saturated carbocycles. The Labute approximate surface area is 199 Å². The van der Waals surface area contributed by atoms with Crippen molar-refractivity contribution < 1.29 is 9.53 Å². The molecule has 33 heavy (non-hydrogen) atoms. The Morgan fingerprint density at radius 2 is 1.94 bits per heavy atom. The Morgan fingerprint density at radius 1 is 1.18 bits per heavy atom. The third-order valence-corrected chi connectivity index (χ3v) is 5.91. The second-order valence-corrected chi connectivity index (χ2v) is 8.78. The van der Waals surface area contributed by atoms with Crippen molar-refractivity contribution in [3.8, 4) is 11.8 Å². The first kappa shape index (κ1) is 26.4. The molecule has 0 radical (unpaired) electrons. The van der Waals surface area contributed by atoms with Gasteiger partial charge >= 0.3 is 0 Å². The van der Waals surface area contributed by atoms with Crippen LogP contribution < -0.4 is 16.2 Å². The first-order valence-corrected chi connectivity index (χ1v) is 12.2. The second kappa shape index (κ2) is 15.1. The van der Waals surface area contributed by atoms with Crippen molar-refractivity contribution >= 4 is 11.9 Å². The average Bonchev–Trinajstić information content (AvgIpc) is 2.80. The van der Waals surface area contributed by atoms with Crippen molar-refractivity contribution in [3.63, 3.8) is 0 Å². The minimum absolute atomic E-state index is 0.139. The number of carbonyl (C=O) groups excluding carboxylic acids is 1. The smallest absolute Gasteiger partial charge is 0.162 e. The largest absolute Gasteiger partial charge is 0.496 e. The summed E-state index contributed by atoms with van der Waals surface area (Å²) in [6.07, 6.45) is 19.1. The predicted molar refractivity (Wildman–Crippen MR) is 135 cm³/mol. The van der Waals surface area contributed by atoms with Gasteiger partial charge in [0.15, 0.2) is 5.78 Å². The summed E-state index contributed by atoms with van der Waals surface area (Å²) in [6, 6.07) is 8.41. The number of unbranched alkanes of at least 4 members (excludes halogenated alkanes) is 7. The van der Waals surface area contributed by atoms with E-state index in [9.17, 15) is 4.79 Å². The maximum Gasteiger partial charge on any atom is 0.162 e. The number of methoxy groups -OCH3 is 1. The molecular weight excluding hydrogens is 410 g/mol. The lowest BCUT2D eigenvalue weighted by molar-refractivity contribution is -0.115. The summed E-state index contributed by atoms with van der Waals surface area (Å²) in [5.41, 5.74) is 15.5. The maximum absolute atomic E-state index is 12.3. The van der Waals surface area contributed by atoms with Crippen molar-refractivity contribution in [1.82, 2.24) is 0 Å². The zero-order chi connectivity index (χ0) is 23.9. The first-order chi connectivity index (χ1) is 16.0. The number of aryl methyl sites for hydroxylation is 1. The number of ketones is 1. The number of hydrogen-bond donors (Lipinski definition) is 2. The van der Waals surface area contributed by atoms with Crippen molar-refractivity contribution in [2.24, 2.45) is 11.5 Å². The Hall–Kier alpha value is -2.84. The maximum atomic E-state index is 12.3. The van der Waals surface area contributed by atoms with Crippen molar-refractivity contribution in [2.45, 2.75) is 83.1 Å². The number of allylic oxidation sites excluding steroid dienone is 3. The topological polar surface area (TPSA) is 102 Å². The molecule has 1 aliphatic rings. The van der Waals surface area contributed by atoms with Crippen molar-refractivity contribution in [2.75, 3.05) is 7.11 Å². The fraction of sp³-hybridized carbons (Fsp3) is 0.500. The van der Waals surface area contributed by atoms with E-state index in [4.69, 9.17) is 21.5 Å². The van der Waals surface area contributed by atoms with Crippen LogP contribution in [0.5, 0.6) is 5.75 Å². The Morgan fingerprint density at radius 3 is 2.67 bits per heavy atom. The van der Waals surface area contributed by atoms with Gasteiger partial charge in [-0.2, -0.15) is 5.26 Å². The van der Waals surface area contributed by atoms with E-state index in [0.717, 1.165) is 56.3 Å². The van der Waals surface area contributed by atoms with E-state index in [2.05, 4.69) is 36.4 Å². The fourth-order valence-electron chi connectivity index (χ4n) is 4.08. The third kappa shape index (κ3) is 10.1. The van der Waals surface area contributed by atoms with Gasteiger partial charge < -0.3 is 16.2 Å². The highest BCUT2D eigenvalue weighted by Gasteiger charge is 2.14. The molecule has 5 nitrogen and oxygen atoms in total. The lowest BCUT2D eigenvalue weighted by atomic mass is 9.95. The predicted octanol–water partition coefficient (Wildman–Crippen LogP) is 5.74. The van der Waals surface area contributed by atoms with Crippen LogP contribution in [0, 0.1) is 11.3 Å². The molecule has 1 unspecified atom stereocenters. The number of nitrogens with two attached hydrogens (primary N) is 2. The standard InChI is InChI=1S/C28H39N3O2/c1-33-28-18-22(12-8-6-7-11-17-29)15-16-23(28)13-9-4-2-3-5-10-14-27(32)24-19-25(30)21-26(31)20-24/h8,12,15-16,18-20,25H,2-7,9-11,13-14,21,30-31H2,1H3/b12-8+. The highest BCUT2D eigenvalue weighted by Crippen LogP contribution is 2.24. The molecule has 2 rings (SSSR count). The molecule has 5 heteroatoms. The van der Waals surface area contributed by atoms with E-state index in [1.165, 1.54) is 18.4 Å². The first-order valence-electron chi connectivity index (χ1n) is 12.2. The lowest BCUT2D eigenvalue weighted by Crippen LogP contribution is -2.25. The van der Waals surface area contributed by atoms with Gasteiger partial charge in [0.1, 0.15) is 5.75 Å². The second-order valence-electron chi connectivity index (χ2n) is 8.78. The molecule has 178 valence electrons. The molecule has 1 aromatic carbocycles. The monoisotopic (exact) mass is 449 g/mol. The van der Waals surface area contributed by atoms with E-state index in [1.54, 1.807) is 13.2 Å². The van der Waals surface area contributed by atoms with Crippen molar-refractivity contribution in [3.05, 3.63) is 58.8 Å². The molecule has 1 aliphatic carbocycles. The highest BCUT2D eigenvalue weighted by atomic mass is 16.5. The van der Waals surface area contributed by atoms with Gasteiger partial charge in [0.05, 0.1) is 13.2 Å². The highest BCUT2D eigenvalue weighted by molar-refractivity contribution is 5.98. The van der Waals surface area contributed by atoms with Gasteiger partial charge in [-0.05, 0) is 55.4 Å². The summed E-state index contributed by atoms with van der Waals surface area (Å²) < 4.78 is 5.59. The van der Waals surface area contributed by atoms with Crippen LogP contribution in [-0.2, 0) is 11.2 Å². The molecule has 0 heterocycles. The molecular formula is C28H39N3O2. The summed E-state index contributed by atoms with van der Waals surface area (Å²) in [5.74, 6) is 1.10. The number of rotatable bonds is 15. The summed E-state index contributed by atoms with van der Waals surface area (Å²) in [5, 5.41) is 8.59. The molecule has 0 fully saturated rings. The van der Waals surface area contributed by atoms with Crippen LogP contribution in [0.1, 0.15) is 81.8 Å². The number of nitrogens with zero attached hydrogens (tertiary/aromatic N) is 1. The van der Waals surface area contributed by atoms with E-state index >= 15 is 0 Å². The summed E-state index contributed by atoms with van der Waals surface area (Å²) in [6.45, 7) is 0. The summed E-state index contributed by atoms with van der Waals surface area (Å²) >= 11 is 0. The molecule has 0 aromatic heterocycles. The number of hydrogen-bond acceptors (Lipinski definition) is 5. The number of benzene rings is 1. The van der Waals surface area contributed by atoms with Gasteiger partial charge in [0.25, 0.3) is 0 Å². The zero-order valence-corrected chi connectivity index (χ0v) is 20.0. The minimum Gasteiger partial charge on any atom is -0.496 e. The fourth-order valence-corrected chi connectivity index (χ4v) is 4.08. The molecule has 4 N–H and O–H groups in total. The number of carbonyl (C=O) groups is 1. The van der Waals surface area contributed by atoms with Crippen LogP contribution >= 0.6 is 0 Å². The van der Waals surface area contributed by atoms with Crippen LogP contribution in [0.2, 0.25) is 0 Å². The minimum atomic E-state index is -0.139. The molecule has 0 amide bonds. The Kier molecular flexibility index (Phi) is 12.1. The lowest BCUT2D eigenvalue weighted by Gasteiger charge is -2.15. The van der Waals surface area contributed by atoms with Gasteiger partial charge in [0.2, 0.25) is 0 Å². The van der Waals surface area contributed by atoms with Gasteiger partial charge in [-0.1, -0.05) is 56.0 Å². The zero-order valence-electron chi connectivity index (χ0n) is 20.0. The molecule has 0 spiro atoms. The molecule has 1 aromatic rings. The van der Waals surface area contributed by atoms with Crippen LogP contribution in [-0.4, -0.2) is 18.9 Å². The van der Waals surface area contributed by atoms with Gasteiger partial charge in [-0.3, -0.25) is 4.79 Å². The number of Topliss-reactive ketones (excluding diaryl/α,β-unsaturated/α-hetero) is 1. The van der Waals surface area contributed by atoms with E-state index in [-0.39, 0.29) is 11.8 Å². The number of nitriles is 1. The van der Waals surface area contributed by atoms with Gasteiger partial charge in [-0.25, -0.2) is 0 Å². The Balaban J connectivity index is 1.61. The van der Waals surface area contributed by atoms with Crippen molar-refractivity contribution in [1.29, 1.82) is 5.26 Å². The van der Waals surface area contributed by atoms with E-state index in [1.807, 2.05) is 6.08 Å². The molecule has 0 bridgehead atoms. The quantitative estimate of drug-likeness (QED) is 0.332. The van der Waals surface area contributed by atoms with Gasteiger partial charge in [-0.15, -0.1) is 0 Å². The Bertz CT molecular complexity index is 893. The van der Waals surface area contributed by atoms with Gasteiger partial charge in [0, 0.05) is 36.6 Å².